The summed E-state index contributed by atoms with van der Waals surface area (Å²) in [5.41, 5.74) is 0. The highest BCUT2D eigenvalue weighted by molar-refractivity contribution is 7.84. The second-order valence-electron chi connectivity index (χ2n) is 5.53. The lowest BCUT2D eigenvalue weighted by molar-refractivity contribution is -0.160. The second kappa shape index (κ2) is 5.61. The molecule has 2 amide bonds. The Morgan fingerprint density at radius 2 is 2.05 bits per heavy atom. The number of piperazine rings is 1. The minimum Gasteiger partial charge on any atom is -0.329 e. The van der Waals surface area contributed by atoms with E-state index in [1.165, 1.54) is 0 Å². The van der Waals surface area contributed by atoms with Crippen molar-refractivity contribution in [1.82, 2.24) is 9.80 Å². The first-order chi connectivity index (χ1) is 8.93. The standard InChI is InChI=1S/C13H22N2O3S/c1-9(6-8-19(3)18)15-10(2)12(16)14-7-4-5-11(14)13(15)17/h9-11H,4-8H2,1-3H3. The molecule has 4 unspecified atom stereocenters. The number of rotatable bonds is 4. The molecule has 2 rings (SSSR count). The van der Waals surface area contributed by atoms with Crippen LogP contribution in [0.25, 0.3) is 0 Å². The van der Waals surface area contributed by atoms with Gasteiger partial charge in [0.15, 0.2) is 0 Å². The van der Waals surface area contributed by atoms with Crippen molar-refractivity contribution >= 4 is 22.6 Å². The molecule has 2 heterocycles. The molecule has 4 atom stereocenters. The van der Waals surface area contributed by atoms with Gasteiger partial charge in [-0.05, 0) is 33.1 Å². The van der Waals surface area contributed by atoms with Crippen LogP contribution < -0.4 is 0 Å². The smallest absolute Gasteiger partial charge is 0.246 e. The van der Waals surface area contributed by atoms with Crippen molar-refractivity contribution in [2.24, 2.45) is 0 Å². The van der Waals surface area contributed by atoms with E-state index in [1.807, 2.05) is 6.92 Å². The van der Waals surface area contributed by atoms with Crippen LogP contribution in [0.15, 0.2) is 0 Å². The molecule has 0 N–H and O–H groups in total. The summed E-state index contributed by atoms with van der Waals surface area (Å²) in [6.07, 6.45) is 4.04. The predicted molar refractivity (Wildman–Crippen MR) is 74.1 cm³/mol. The van der Waals surface area contributed by atoms with Crippen LogP contribution in [-0.2, 0) is 20.4 Å². The van der Waals surface area contributed by atoms with Crippen molar-refractivity contribution < 1.29 is 13.8 Å². The zero-order valence-electron chi connectivity index (χ0n) is 11.8. The number of carbonyl (C=O) groups is 2. The lowest BCUT2D eigenvalue weighted by Gasteiger charge is -2.43. The molecule has 0 spiro atoms. The van der Waals surface area contributed by atoms with Gasteiger partial charge >= 0.3 is 0 Å². The van der Waals surface area contributed by atoms with Crippen molar-refractivity contribution in [3.05, 3.63) is 0 Å². The van der Waals surface area contributed by atoms with Gasteiger partial charge in [-0.25, -0.2) is 0 Å². The minimum absolute atomic E-state index is 0.0295. The molecule has 2 saturated heterocycles. The molecule has 0 radical (unpaired) electrons. The molecule has 0 aliphatic carbocycles. The Morgan fingerprint density at radius 3 is 2.68 bits per heavy atom. The number of hydrogen-bond acceptors (Lipinski definition) is 3. The number of nitrogens with zero attached hydrogens (tertiary/aromatic N) is 2. The largest absolute Gasteiger partial charge is 0.329 e. The van der Waals surface area contributed by atoms with E-state index in [0.29, 0.717) is 18.7 Å². The van der Waals surface area contributed by atoms with E-state index in [2.05, 4.69) is 0 Å². The van der Waals surface area contributed by atoms with Crippen LogP contribution >= 0.6 is 0 Å². The molecule has 0 bridgehead atoms. The van der Waals surface area contributed by atoms with Gasteiger partial charge in [-0.3, -0.25) is 13.8 Å². The molecule has 2 fully saturated rings. The molecule has 2 aliphatic heterocycles. The SMILES string of the molecule is CC(CCS(C)=O)N1C(=O)C2CCCN2C(=O)C1C. The second-order valence-corrected chi connectivity index (χ2v) is 7.08. The van der Waals surface area contributed by atoms with Crippen LogP contribution in [0, 0.1) is 0 Å². The number of hydrogen-bond donors (Lipinski definition) is 0. The van der Waals surface area contributed by atoms with Gasteiger partial charge in [0.1, 0.15) is 12.1 Å². The highest BCUT2D eigenvalue weighted by Crippen LogP contribution is 2.28. The third-order valence-corrected chi connectivity index (χ3v) is 4.96. The number of fused-ring (bicyclic) bond motifs is 1. The van der Waals surface area contributed by atoms with Gasteiger partial charge in [-0.2, -0.15) is 0 Å². The minimum atomic E-state index is -0.860. The summed E-state index contributed by atoms with van der Waals surface area (Å²) >= 11 is 0. The van der Waals surface area contributed by atoms with Crippen LogP contribution in [0.1, 0.15) is 33.1 Å². The van der Waals surface area contributed by atoms with Gasteiger partial charge in [-0.1, -0.05) is 0 Å². The number of carbonyl (C=O) groups excluding carboxylic acids is 2. The Morgan fingerprint density at radius 1 is 1.37 bits per heavy atom. The first-order valence-electron chi connectivity index (χ1n) is 6.86. The molecular formula is C13H22N2O3S. The third kappa shape index (κ3) is 2.68. The van der Waals surface area contributed by atoms with Crippen LogP contribution in [0.4, 0.5) is 0 Å². The normalized spacial score (nSPS) is 30.5. The van der Waals surface area contributed by atoms with Gasteiger partial charge < -0.3 is 9.80 Å². The van der Waals surface area contributed by atoms with Crippen molar-refractivity contribution in [3.8, 4) is 0 Å². The lowest BCUT2D eigenvalue weighted by atomic mass is 10.0. The van der Waals surface area contributed by atoms with Crippen molar-refractivity contribution in [2.45, 2.75) is 51.2 Å². The highest BCUT2D eigenvalue weighted by atomic mass is 32.2. The summed E-state index contributed by atoms with van der Waals surface area (Å²) in [5.74, 6) is 0.700. The van der Waals surface area contributed by atoms with Gasteiger partial charge in [-0.15, -0.1) is 0 Å². The molecule has 5 nitrogen and oxygen atoms in total. The molecule has 0 aromatic rings. The fraction of sp³-hybridized carbons (Fsp3) is 0.846. The molecule has 0 aromatic carbocycles. The van der Waals surface area contributed by atoms with Crippen LogP contribution in [-0.4, -0.2) is 62.5 Å². The highest BCUT2D eigenvalue weighted by Gasteiger charge is 2.47. The third-order valence-electron chi connectivity index (χ3n) is 4.15. The average Bonchev–Trinajstić information content (AvgIpc) is 2.83. The zero-order chi connectivity index (χ0) is 14.2. The Hall–Kier alpha value is -0.910. The monoisotopic (exact) mass is 286 g/mol. The van der Waals surface area contributed by atoms with Gasteiger partial charge in [0.05, 0.1) is 0 Å². The summed E-state index contributed by atoms with van der Waals surface area (Å²) in [6, 6.07) is -0.668. The molecule has 0 saturated carbocycles. The summed E-state index contributed by atoms with van der Waals surface area (Å²) in [4.78, 5) is 28.2. The summed E-state index contributed by atoms with van der Waals surface area (Å²) in [6.45, 7) is 4.45. The van der Waals surface area contributed by atoms with Gasteiger partial charge in [0.2, 0.25) is 11.8 Å². The van der Waals surface area contributed by atoms with Crippen LogP contribution in [0.2, 0.25) is 0 Å². The van der Waals surface area contributed by atoms with E-state index in [1.54, 1.807) is 23.0 Å². The first kappa shape index (κ1) is 14.5. The summed E-state index contributed by atoms with van der Waals surface area (Å²) < 4.78 is 11.2. The Labute approximate surface area is 116 Å². The fourth-order valence-electron chi connectivity index (χ4n) is 3.08. The van der Waals surface area contributed by atoms with E-state index < -0.39 is 10.8 Å². The molecule has 2 aliphatic rings. The first-order valence-corrected chi connectivity index (χ1v) is 8.59. The maximum atomic E-state index is 12.5. The maximum absolute atomic E-state index is 12.5. The molecule has 6 heteroatoms. The predicted octanol–water partition coefficient (Wildman–Crippen LogP) is 0.365. The Bertz CT molecular complexity index is 413. The Balaban J connectivity index is 2.12. The van der Waals surface area contributed by atoms with Gasteiger partial charge in [0, 0.05) is 35.4 Å². The average molecular weight is 286 g/mol. The molecular weight excluding hydrogens is 264 g/mol. The van der Waals surface area contributed by atoms with E-state index >= 15 is 0 Å². The van der Waals surface area contributed by atoms with Crippen molar-refractivity contribution in [1.29, 1.82) is 0 Å². The van der Waals surface area contributed by atoms with Gasteiger partial charge in [0.25, 0.3) is 0 Å². The summed E-state index contributed by atoms with van der Waals surface area (Å²) in [7, 11) is -0.860. The molecule has 0 aromatic heterocycles. The number of amides is 2. The van der Waals surface area contributed by atoms with E-state index in [4.69, 9.17) is 0 Å². The Kier molecular flexibility index (Phi) is 4.28. The van der Waals surface area contributed by atoms with Crippen molar-refractivity contribution in [3.63, 3.8) is 0 Å². The quantitative estimate of drug-likeness (QED) is 0.750. The topological polar surface area (TPSA) is 57.7 Å². The van der Waals surface area contributed by atoms with Crippen molar-refractivity contribution in [2.75, 3.05) is 18.6 Å². The van der Waals surface area contributed by atoms with E-state index in [9.17, 15) is 13.8 Å². The van der Waals surface area contributed by atoms with Crippen LogP contribution in [0.3, 0.4) is 0 Å². The fourth-order valence-corrected chi connectivity index (χ4v) is 3.76. The summed E-state index contributed by atoms with van der Waals surface area (Å²) in [5, 5.41) is 0. The lowest BCUT2D eigenvalue weighted by Crippen LogP contribution is -2.64. The van der Waals surface area contributed by atoms with E-state index in [0.717, 1.165) is 12.8 Å². The van der Waals surface area contributed by atoms with Crippen LogP contribution in [0.5, 0.6) is 0 Å². The molecule has 108 valence electrons. The molecule has 19 heavy (non-hydrogen) atoms. The zero-order valence-corrected chi connectivity index (χ0v) is 12.6. The van der Waals surface area contributed by atoms with E-state index in [-0.39, 0.29) is 29.9 Å². The maximum Gasteiger partial charge on any atom is 0.246 e.